The van der Waals surface area contributed by atoms with Crippen molar-refractivity contribution in [1.29, 1.82) is 0 Å². The molecule has 41 heavy (non-hydrogen) atoms. The number of methoxy groups -OCH3 is 1. The molecule has 11 nitrogen and oxygen atoms in total. The van der Waals surface area contributed by atoms with Gasteiger partial charge in [-0.05, 0) is 49.7 Å². The van der Waals surface area contributed by atoms with Crippen LogP contribution >= 0.6 is 0 Å². The Hall–Kier alpha value is -3.58. The van der Waals surface area contributed by atoms with Crippen LogP contribution in [-0.2, 0) is 31.0 Å². The molecule has 1 aliphatic rings. The summed E-state index contributed by atoms with van der Waals surface area (Å²) >= 11 is 0. The molecule has 4 rings (SSSR count). The zero-order valence-electron chi connectivity index (χ0n) is 23.7. The van der Waals surface area contributed by atoms with E-state index in [1.807, 2.05) is 44.2 Å². The number of fused-ring (bicyclic) bond motifs is 1. The molecule has 12 heteroatoms. The first-order chi connectivity index (χ1) is 19.6. The molecule has 1 aromatic heterocycles. The first-order valence-electron chi connectivity index (χ1n) is 13.4. The van der Waals surface area contributed by atoms with Gasteiger partial charge in [0.1, 0.15) is 12.4 Å². The van der Waals surface area contributed by atoms with Crippen molar-refractivity contribution in [3.63, 3.8) is 0 Å². The second kappa shape index (κ2) is 12.5. The lowest BCUT2D eigenvalue weighted by Gasteiger charge is -2.53. The maximum absolute atomic E-state index is 13.9. The minimum absolute atomic E-state index is 0.000498. The van der Waals surface area contributed by atoms with Crippen molar-refractivity contribution >= 4 is 32.7 Å². The van der Waals surface area contributed by atoms with Crippen LogP contribution in [0.5, 0.6) is 5.75 Å². The number of ether oxygens (including phenoxy) is 2. The summed E-state index contributed by atoms with van der Waals surface area (Å²) in [6.45, 7) is 5.28. The van der Waals surface area contributed by atoms with E-state index in [-0.39, 0.29) is 49.6 Å². The third-order valence-corrected chi connectivity index (χ3v) is 9.47. The van der Waals surface area contributed by atoms with E-state index in [1.165, 1.54) is 24.1 Å². The molecule has 2 heterocycles. The smallest absolute Gasteiger partial charge is 0.268 e. The van der Waals surface area contributed by atoms with Gasteiger partial charge in [-0.25, -0.2) is 13.9 Å². The highest BCUT2D eigenvalue weighted by Crippen LogP contribution is 2.35. The molecular weight excluding hydrogens is 548 g/mol. The standard InChI is InChI=1S/C29H36N4O7S/c1-5-20(2)27(34)32-18-29(19-32,28(35)31-36)33(14-15-39-4)41(37,38)24-12-10-23(11-13-24)40-17-22-16-21(3)30-26-9-7-6-8-25(22)26/h6-13,16,20,36H,5,14-15,17-19H2,1-4H3,(H,31,35). The Bertz CT molecular complexity index is 1510. The molecule has 0 bridgehead atoms. The van der Waals surface area contributed by atoms with E-state index in [1.54, 1.807) is 24.5 Å². The highest BCUT2D eigenvalue weighted by molar-refractivity contribution is 7.89. The predicted molar refractivity (Wildman–Crippen MR) is 152 cm³/mol. The number of para-hydroxylation sites is 1. The summed E-state index contributed by atoms with van der Waals surface area (Å²) in [6, 6.07) is 15.6. The Labute approximate surface area is 240 Å². The fourth-order valence-corrected chi connectivity index (χ4v) is 6.70. The van der Waals surface area contributed by atoms with Crippen LogP contribution in [0.3, 0.4) is 0 Å². The number of nitrogens with zero attached hydrogens (tertiary/aromatic N) is 3. The fourth-order valence-electron chi connectivity index (χ4n) is 4.99. The fraction of sp³-hybridized carbons (Fsp3) is 0.414. The number of pyridine rings is 1. The quantitative estimate of drug-likeness (QED) is 0.245. The van der Waals surface area contributed by atoms with Crippen molar-refractivity contribution in [2.45, 2.75) is 44.2 Å². The third-order valence-electron chi connectivity index (χ3n) is 7.49. The normalized spacial score (nSPS) is 15.4. The number of carbonyl (C=O) groups excluding carboxylic acids is 2. The first-order valence-corrected chi connectivity index (χ1v) is 14.8. The zero-order valence-corrected chi connectivity index (χ0v) is 24.5. The molecule has 1 saturated heterocycles. The molecule has 1 atom stereocenters. The summed E-state index contributed by atoms with van der Waals surface area (Å²) in [6.07, 6.45) is 0.603. The van der Waals surface area contributed by atoms with Gasteiger partial charge in [-0.1, -0.05) is 32.0 Å². The SMILES string of the molecule is CCC(C)C(=O)N1CC(C(=O)NO)(N(CCOC)S(=O)(=O)c2ccc(OCc3cc(C)nc4ccccc34)cc2)C1. The van der Waals surface area contributed by atoms with Gasteiger partial charge in [-0.3, -0.25) is 19.8 Å². The molecule has 1 fully saturated rings. The van der Waals surface area contributed by atoms with E-state index in [2.05, 4.69) is 4.98 Å². The number of sulfonamides is 1. The minimum Gasteiger partial charge on any atom is -0.489 e. The van der Waals surface area contributed by atoms with E-state index >= 15 is 0 Å². The maximum atomic E-state index is 13.9. The number of amides is 2. The Balaban J connectivity index is 1.57. The minimum atomic E-state index is -4.26. The molecule has 1 aliphatic heterocycles. The number of likely N-dealkylation sites (tertiary alicyclic amines) is 1. The number of hydrogen-bond acceptors (Lipinski definition) is 8. The number of hydroxylamine groups is 1. The van der Waals surface area contributed by atoms with Gasteiger partial charge in [-0.15, -0.1) is 0 Å². The summed E-state index contributed by atoms with van der Waals surface area (Å²) in [4.78, 5) is 31.6. The summed E-state index contributed by atoms with van der Waals surface area (Å²) < 4.78 is 39.9. The average Bonchev–Trinajstić information content (AvgIpc) is 2.95. The second-order valence-electron chi connectivity index (χ2n) is 10.2. The molecule has 220 valence electrons. The number of benzene rings is 2. The number of hydrogen-bond donors (Lipinski definition) is 2. The lowest BCUT2D eigenvalue weighted by atomic mass is 9.87. The van der Waals surface area contributed by atoms with Gasteiger partial charge in [-0.2, -0.15) is 4.31 Å². The lowest BCUT2D eigenvalue weighted by Crippen LogP contribution is -2.78. The van der Waals surface area contributed by atoms with Crippen LogP contribution in [-0.4, -0.2) is 78.5 Å². The highest BCUT2D eigenvalue weighted by atomic mass is 32.2. The predicted octanol–water partition coefficient (Wildman–Crippen LogP) is 2.89. The maximum Gasteiger partial charge on any atom is 0.268 e. The van der Waals surface area contributed by atoms with E-state index in [9.17, 15) is 23.2 Å². The number of carbonyl (C=O) groups is 2. The Morgan fingerprint density at radius 2 is 1.85 bits per heavy atom. The van der Waals surface area contributed by atoms with E-state index in [0.29, 0.717) is 12.2 Å². The van der Waals surface area contributed by atoms with Crippen LogP contribution in [0.2, 0.25) is 0 Å². The monoisotopic (exact) mass is 584 g/mol. The van der Waals surface area contributed by atoms with Gasteiger partial charge >= 0.3 is 0 Å². The molecule has 3 aromatic rings. The van der Waals surface area contributed by atoms with Crippen LogP contribution < -0.4 is 10.2 Å². The van der Waals surface area contributed by atoms with Gasteiger partial charge in [0, 0.05) is 36.2 Å². The van der Waals surface area contributed by atoms with Crippen LogP contribution in [0.4, 0.5) is 0 Å². The van der Waals surface area contributed by atoms with E-state index < -0.39 is 21.5 Å². The summed E-state index contributed by atoms with van der Waals surface area (Å²) in [5.41, 5.74) is 2.59. The number of rotatable bonds is 12. The number of aryl methyl sites for hydroxylation is 1. The van der Waals surface area contributed by atoms with Crippen molar-refractivity contribution < 1.29 is 32.7 Å². The summed E-state index contributed by atoms with van der Waals surface area (Å²) in [5, 5.41) is 10.5. The lowest BCUT2D eigenvalue weighted by molar-refractivity contribution is -0.160. The summed E-state index contributed by atoms with van der Waals surface area (Å²) in [7, 11) is -2.84. The number of nitrogens with one attached hydrogen (secondary N) is 1. The largest absolute Gasteiger partial charge is 0.489 e. The van der Waals surface area contributed by atoms with Crippen molar-refractivity contribution in [1.82, 2.24) is 19.7 Å². The third kappa shape index (κ3) is 6.05. The van der Waals surface area contributed by atoms with E-state index in [0.717, 1.165) is 26.5 Å². The number of aromatic nitrogens is 1. The van der Waals surface area contributed by atoms with Gasteiger partial charge in [0.15, 0.2) is 5.54 Å². The van der Waals surface area contributed by atoms with Gasteiger partial charge < -0.3 is 14.4 Å². The van der Waals surface area contributed by atoms with Crippen LogP contribution in [0.1, 0.15) is 31.5 Å². The van der Waals surface area contributed by atoms with Crippen molar-refractivity contribution in [2.24, 2.45) is 5.92 Å². The molecule has 0 spiro atoms. The molecule has 2 N–H and O–H groups in total. The molecule has 1 unspecified atom stereocenters. The van der Waals surface area contributed by atoms with Crippen molar-refractivity contribution in [3.8, 4) is 5.75 Å². The molecule has 2 aromatic carbocycles. The molecule has 0 radical (unpaired) electrons. The Morgan fingerprint density at radius 3 is 2.49 bits per heavy atom. The summed E-state index contributed by atoms with van der Waals surface area (Å²) in [5.74, 6) is -0.916. The Morgan fingerprint density at radius 1 is 1.17 bits per heavy atom. The molecule has 0 aliphatic carbocycles. The Kier molecular flexibility index (Phi) is 9.27. The van der Waals surface area contributed by atoms with Crippen LogP contribution in [0.15, 0.2) is 59.5 Å². The second-order valence-corrected chi connectivity index (χ2v) is 12.1. The van der Waals surface area contributed by atoms with Gasteiger partial charge in [0.25, 0.3) is 5.91 Å². The highest BCUT2D eigenvalue weighted by Gasteiger charge is 2.59. The van der Waals surface area contributed by atoms with E-state index in [4.69, 9.17) is 9.47 Å². The molecule has 0 saturated carbocycles. The van der Waals surface area contributed by atoms with Gasteiger partial charge in [0.05, 0.1) is 30.1 Å². The van der Waals surface area contributed by atoms with Crippen LogP contribution in [0.25, 0.3) is 10.9 Å². The van der Waals surface area contributed by atoms with Gasteiger partial charge in [0.2, 0.25) is 15.9 Å². The molecular formula is C29H36N4O7S. The zero-order chi connectivity index (χ0) is 29.8. The van der Waals surface area contributed by atoms with Crippen LogP contribution in [0, 0.1) is 12.8 Å². The topological polar surface area (TPSA) is 138 Å². The van der Waals surface area contributed by atoms with Crippen molar-refractivity contribution in [3.05, 3.63) is 65.9 Å². The average molecular weight is 585 g/mol. The van der Waals surface area contributed by atoms with Crippen molar-refractivity contribution in [2.75, 3.05) is 33.4 Å². The molecule has 2 amide bonds. The first kappa shape index (κ1) is 30.4.